The second kappa shape index (κ2) is 7.68. The topological polar surface area (TPSA) is 70.7 Å². The number of carbonyl (C=O) groups excluding carboxylic acids is 2. The number of hydrazine groups is 1. The Hall–Kier alpha value is -2.24. The molecular weight excluding hydrogens is 282 g/mol. The first-order valence-electron chi connectivity index (χ1n) is 7.41. The number of anilines is 1. The predicted molar refractivity (Wildman–Crippen MR) is 86.8 cm³/mol. The van der Waals surface area contributed by atoms with Gasteiger partial charge in [0.05, 0.1) is 0 Å². The molecule has 0 heterocycles. The molecule has 0 aromatic heterocycles. The molecule has 0 bridgehead atoms. The molecule has 0 atom stereocenters. The molecule has 0 aliphatic carbocycles. The van der Waals surface area contributed by atoms with Crippen molar-refractivity contribution in [3.63, 3.8) is 0 Å². The van der Waals surface area contributed by atoms with E-state index in [1.165, 1.54) is 0 Å². The van der Waals surface area contributed by atoms with Gasteiger partial charge in [0.1, 0.15) is 5.60 Å². The minimum absolute atomic E-state index is 0.392. The molecule has 0 aliphatic heterocycles. The van der Waals surface area contributed by atoms with Gasteiger partial charge < -0.3 is 9.64 Å². The van der Waals surface area contributed by atoms with Crippen molar-refractivity contribution in [3.8, 4) is 0 Å². The summed E-state index contributed by atoms with van der Waals surface area (Å²) in [5.74, 6) is -0.392. The van der Waals surface area contributed by atoms with Crippen molar-refractivity contribution in [3.05, 3.63) is 29.8 Å². The van der Waals surface area contributed by atoms with E-state index < -0.39 is 17.6 Å². The van der Waals surface area contributed by atoms with Gasteiger partial charge in [0.25, 0.3) is 5.91 Å². The third kappa shape index (κ3) is 5.63. The molecule has 1 aromatic carbocycles. The highest BCUT2D eigenvalue weighted by Crippen LogP contribution is 2.14. The van der Waals surface area contributed by atoms with Gasteiger partial charge in [-0.05, 0) is 58.9 Å². The standard InChI is InChI=1S/C16H25N3O3/c1-6-19(7-2)13-10-8-12(9-11-13)14(20)17-18-15(21)22-16(3,4)5/h8-11H,6-7H2,1-5H3,(H,17,20)(H,18,21). The lowest BCUT2D eigenvalue weighted by Crippen LogP contribution is -2.44. The molecule has 1 rings (SSSR count). The van der Waals surface area contributed by atoms with Gasteiger partial charge in [-0.2, -0.15) is 0 Å². The van der Waals surface area contributed by atoms with Gasteiger partial charge in [-0.1, -0.05) is 0 Å². The van der Waals surface area contributed by atoms with Crippen LogP contribution in [-0.2, 0) is 4.74 Å². The smallest absolute Gasteiger partial charge is 0.426 e. The summed E-state index contributed by atoms with van der Waals surface area (Å²) in [7, 11) is 0. The van der Waals surface area contributed by atoms with E-state index in [1.54, 1.807) is 32.9 Å². The number of benzene rings is 1. The minimum atomic E-state index is -0.694. The maximum Gasteiger partial charge on any atom is 0.426 e. The number of nitrogens with zero attached hydrogens (tertiary/aromatic N) is 1. The van der Waals surface area contributed by atoms with E-state index in [0.717, 1.165) is 18.8 Å². The molecule has 2 amide bonds. The Kier molecular flexibility index (Phi) is 6.22. The first-order valence-corrected chi connectivity index (χ1v) is 7.41. The summed E-state index contributed by atoms with van der Waals surface area (Å²) >= 11 is 0. The van der Waals surface area contributed by atoms with Crippen molar-refractivity contribution in [2.24, 2.45) is 0 Å². The van der Waals surface area contributed by atoms with E-state index >= 15 is 0 Å². The van der Waals surface area contributed by atoms with E-state index in [-0.39, 0.29) is 0 Å². The molecule has 22 heavy (non-hydrogen) atoms. The Morgan fingerprint density at radius 2 is 1.59 bits per heavy atom. The number of carbonyl (C=O) groups is 2. The fraction of sp³-hybridized carbons (Fsp3) is 0.500. The molecule has 0 saturated carbocycles. The van der Waals surface area contributed by atoms with Crippen molar-refractivity contribution in [1.82, 2.24) is 10.9 Å². The lowest BCUT2D eigenvalue weighted by Gasteiger charge is -2.21. The van der Waals surface area contributed by atoms with Crippen LogP contribution in [0.4, 0.5) is 10.5 Å². The Balaban J connectivity index is 2.58. The number of rotatable bonds is 4. The summed E-state index contributed by atoms with van der Waals surface area (Å²) in [5.41, 5.74) is 5.46. The summed E-state index contributed by atoms with van der Waals surface area (Å²) in [6, 6.07) is 7.21. The van der Waals surface area contributed by atoms with Crippen LogP contribution < -0.4 is 15.8 Å². The molecule has 0 aliphatic rings. The molecule has 0 saturated heterocycles. The molecule has 0 unspecified atom stereocenters. The average molecular weight is 307 g/mol. The largest absolute Gasteiger partial charge is 0.443 e. The zero-order valence-electron chi connectivity index (χ0n) is 13.9. The third-order valence-corrected chi connectivity index (χ3v) is 2.94. The van der Waals surface area contributed by atoms with Crippen LogP contribution in [0.2, 0.25) is 0 Å². The zero-order chi connectivity index (χ0) is 16.8. The number of hydrogen-bond acceptors (Lipinski definition) is 4. The van der Waals surface area contributed by atoms with E-state index in [1.807, 2.05) is 12.1 Å². The van der Waals surface area contributed by atoms with E-state index in [0.29, 0.717) is 5.56 Å². The summed E-state index contributed by atoms with van der Waals surface area (Å²) in [6.07, 6.45) is -0.694. The van der Waals surface area contributed by atoms with Crippen molar-refractivity contribution in [2.45, 2.75) is 40.2 Å². The van der Waals surface area contributed by atoms with Gasteiger partial charge in [0.2, 0.25) is 0 Å². The summed E-state index contributed by atoms with van der Waals surface area (Å²) in [4.78, 5) is 25.6. The van der Waals surface area contributed by atoms with Crippen molar-refractivity contribution < 1.29 is 14.3 Å². The Morgan fingerprint density at radius 1 is 1.05 bits per heavy atom. The molecule has 0 fully saturated rings. The van der Waals surface area contributed by atoms with E-state index in [4.69, 9.17) is 4.74 Å². The Bertz CT molecular complexity index is 502. The Labute approximate surface area is 131 Å². The van der Waals surface area contributed by atoms with Gasteiger partial charge in [-0.15, -0.1) is 0 Å². The summed E-state index contributed by atoms with van der Waals surface area (Å²) < 4.78 is 5.03. The quantitative estimate of drug-likeness (QED) is 0.839. The SMILES string of the molecule is CCN(CC)c1ccc(C(=O)NNC(=O)OC(C)(C)C)cc1. The number of amides is 2. The van der Waals surface area contributed by atoms with Gasteiger partial charge in [0, 0.05) is 24.3 Å². The fourth-order valence-corrected chi connectivity index (χ4v) is 1.90. The van der Waals surface area contributed by atoms with Crippen LogP contribution >= 0.6 is 0 Å². The lowest BCUT2D eigenvalue weighted by atomic mass is 10.2. The average Bonchev–Trinajstić information content (AvgIpc) is 2.45. The normalized spacial score (nSPS) is 10.8. The number of ether oxygens (including phenoxy) is 1. The molecule has 0 spiro atoms. The van der Waals surface area contributed by atoms with E-state index in [2.05, 4.69) is 29.6 Å². The molecule has 0 radical (unpaired) electrons. The Morgan fingerprint density at radius 3 is 2.05 bits per heavy atom. The second-order valence-corrected chi connectivity index (χ2v) is 5.80. The monoisotopic (exact) mass is 307 g/mol. The van der Waals surface area contributed by atoms with Crippen molar-refractivity contribution in [2.75, 3.05) is 18.0 Å². The zero-order valence-corrected chi connectivity index (χ0v) is 13.9. The maximum absolute atomic E-state index is 11.9. The molecule has 6 heteroatoms. The van der Waals surface area contributed by atoms with Crippen LogP contribution in [0.15, 0.2) is 24.3 Å². The fourth-order valence-electron chi connectivity index (χ4n) is 1.90. The highest BCUT2D eigenvalue weighted by Gasteiger charge is 2.16. The minimum Gasteiger partial charge on any atom is -0.443 e. The van der Waals surface area contributed by atoms with Crippen molar-refractivity contribution in [1.29, 1.82) is 0 Å². The first kappa shape index (κ1) is 17.8. The first-order chi connectivity index (χ1) is 10.3. The van der Waals surface area contributed by atoms with E-state index in [9.17, 15) is 9.59 Å². The lowest BCUT2D eigenvalue weighted by molar-refractivity contribution is 0.0483. The van der Waals surface area contributed by atoms with Gasteiger partial charge in [0.15, 0.2) is 0 Å². The number of nitrogens with one attached hydrogen (secondary N) is 2. The van der Waals surface area contributed by atoms with Gasteiger partial charge in [-0.25, -0.2) is 10.2 Å². The van der Waals surface area contributed by atoms with Crippen LogP contribution in [0.3, 0.4) is 0 Å². The second-order valence-electron chi connectivity index (χ2n) is 5.80. The molecule has 1 aromatic rings. The van der Waals surface area contributed by atoms with Crippen LogP contribution in [0.5, 0.6) is 0 Å². The molecule has 6 nitrogen and oxygen atoms in total. The highest BCUT2D eigenvalue weighted by atomic mass is 16.6. The predicted octanol–water partition coefficient (Wildman–Crippen LogP) is 2.70. The van der Waals surface area contributed by atoms with Crippen LogP contribution in [0.1, 0.15) is 45.0 Å². The summed E-state index contributed by atoms with van der Waals surface area (Å²) in [6.45, 7) is 11.2. The third-order valence-electron chi connectivity index (χ3n) is 2.94. The maximum atomic E-state index is 11.9. The van der Waals surface area contributed by atoms with Crippen LogP contribution in [0, 0.1) is 0 Å². The van der Waals surface area contributed by atoms with Gasteiger partial charge >= 0.3 is 6.09 Å². The summed E-state index contributed by atoms with van der Waals surface area (Å²) in [5, 5.41) is 0. The van der Waals surface area contributed by atoms with Crippen molar-refractivity contribution >= 4 is 17.7 Å². The van der Waals surface area contributed by atoms with Crippen LogP contribution in [0.25, 0.3) is 0 Å². The molecular formula is C16H25N3O3. The molecule has 2 N–H and O–H groups in total. The van der Waals surface area contributed by atoms with Gasteiger partial charge in [-0.3, -0.25) is 10.2 Å². The molecule has 122 valence electrons. The highest BCUT2D eigenvalue weighted by molar-refractivity contribution is 5.95. The number of hydrogen-bond donors (Lipinski definition) is 2. The van der Waals surface area contributed by atoms with Crippen LogP contribution in [-0.4, -0.2) is 30.7 Å².